The first-order chi connectivity index (χ1) is 15.3. The normalized spacial score (nSPS) is 10.6. The standard InChI is InChI=1S/C21H21Cl3N4O4/c1-2-3-9-25-20(30)21(31)28-26-11-13-10-14(22)7-8-17(13)32-12-18(29)27-16-6-4-5-15(23)19(16)24/h4-8,10-11H,2-3,9,12H2,1H3,(H,25,30)(H,27,29)(H,28,31)/b26-11-. The van der Waals surface area contributed by atoms with Crippen LogP contribution in [-0.2, 0) is 14.4 Å². The Bertz CT molecular complexity index is 1010. The molecule has 3 amide bonds. The molecule has 0 radical (unpaired) electrons. The van der Waals surface area contributed by atoms with Crippen molar-refractivity contribution in [2.24, 2.45) is 5.10 Å². The first-order valence-electron chi connectivity index (χ1n) is 9.59. The quantitative estimate of drug-likeness (QED) is 0.209. The van der Waals surface area contributed by atoms with E-state index in [1.165, 1.54) is 12.3 Å². The number of carbonyl (C=O) groups excluding carboxylic acids is 3. The lowest BCUT2D eigenvalue weighted by molar-refractivity contribution is -0.139. The molecule has 0 fully saturated rings. The van der Waals surface area contributed by atoms with Crippen LogP contribution in [0.25, 0.3) is 0 Å². The Hall–Kier alpha value is -2.81. The van der Waals surface area contributed by atoms with Crippen molar-refractivity contribution in [3.05, 3.63) is 57.0 Å². The number of nitrogens with one attached hydrogen (secondary N) is 3. The highest BCUT2D eigenvalue weighted by Gasteiger charge is 2.12. The van der Waals surface area contributed by atoms with Gasteiger partial charge < -0.3 is 15.4 Å². The Kier molecular flexibility index (Phi) is 10.3. The molecule has 0 aliphatic carbocycles. The van der Waals surface area contributed by atoms with Gasteiger partial charge in [0.2, 0.25) is 0 Å². The van der Waals surface area contributed by atoms with Crippen molar-refractivity contribution < 1.29 is 19.1 Å². The summed E-state index contributed by atoms with van der Waals surface area (Å²) in [7, 11) is 0. The summed E-state index contributed by atoms with van der Waals surface area (Å²) < 4.78 is 5.54. The molecule has 0 atom stereocenters. The summed E-state index contributed by atoms with van der Waals surface area (Å²) in [5.41, 5.74) is 2.87. The summed E-state index contributed by atoms with van der Waals surface area (Å²) in [6.45, 7) is 2.04. The number of hydrazone groups is 1. The Balaban J connectivity index is 1.96. The summed E-state index contributed by atoms with van der Waals surface area (Å²) in [6.07, 6.45) is 2.91. The van der Waals surface area contributed by atoms with Crippen LogP contribution in [-0.4, -0.2) is 37.1 Å². The fourth-order valence-electron chi connectivity index (χ4n) is 2.35. The van der Waals surface area contributed by atoms with Crippen LogP contribution in [0.5, 0.6) is 5.75 Å². The third-order valence-electron chi connectivity index (χ3n) is 3.95. The van der Waals surface area contributed by atoms with Gasteiger partial charge in [-0.2, -0.15) is 5.10 Å². The molecule has 0 aromatic heterocycles. The van der Waals surface area contributed by atoms with Crippen LogP contribution >= 0.6 is 34.8 Å². The van der Waals surface area contributed by atoms with Gasteiger partial charge in [0.05, 0.1) is 21.9 Å². The first-order valence-corrected chi connectivity index (χ1v) is 10.7. The predicted octanol–water partition coefficient (Wildman–Crippen LogP) is 4.03. The van der Waals surface area contributed by atoms with Crippen molar-refractivity contribution in [2.45, 2.75) is 19.8 Å². The van der Waals surface area contributed by atoms with Crippen LogP contribution in [0.15, 0.2) is 41.5 Å². The minimum atomic E-state index is -0.903. The maximum atomic E-state index is 12.2. The Labute approximate surface area is 200 Å². The molecule has 32 heavy (non-hydrogen) atoms. The van der Waals surface area contributed by atoms with Crippen LogP contribution in [0.3, 0.4) is 0 Å². The molecular weight excluding hydrogens is 479 g/mol. The molecule has 2 aromatic rings. The third-order valence-corrected chi connectivity index (χ3v) is 5.00. The molecule has 2 aromatic carbocycles. The van der Waals surface area contributed by atoms with Crippen molar-refractivity contribution in [2.75, 3.05) is 18.5 Å². The highest BCUT2D eigenvalue weighted by atomic mass is 35.5. The lowest BCUT2D eigenvalue weighted by Crippen LogP contribution is -2.38. The second-order valence-corrected chi connectivity index (χ2v) is 7.65. The van der Waals surface area contributed by atoms with Crippen LogP contribution in [0.2, 0.25) is 15.1 Å². The average Bonchev–Trinajstić information content (AvgIpc) is 2.76. The van der Waals surface area contributed by atoms with Gasteiger partial charge in [-0.05, 0) is 36.8 Å². The topological polar surface area (TPSA) is 109 Å². The zero-order valence-electron chi connectivity index (χ0n) is 17.1. The van der Waals surface area contributed by atoms with Crippen molar-refractivity contribution >= 4 is 64.4 Å². The lowest BCUT2D eigenvalue weighted by atomic mass is 10.2. The minimum absolute atomic E-state index is 0.219. The molecule has 8 nitrogen and oxygen atoms in total. The van der Waals surface area contributed by atoms with Gasteiger partial charge in [-0.3, -0.25) is 14.4 Å². The number of benzene rings is 2. The van der Waals surface area contributed by atoms with E-state index >= 15 is 0 Å². The zero-order chi connectivity index (χ0) is 23.5. The number of carbonyl (C=O) groups is 3. The molecule has 11 heteroatoms. The molecule has 0 unspecified atom stereocenters. The molecule has 0 spiro atoms. The van der Waals surface area contributed by atoms with E-state index in [9.17, 15) is 14.4 Å². The average molecular weight is 500 g/mol. The summed E-state index contributed by atoms with van der Waals surface area (Å²) in [5.74, 6) is -1.87. The van der Waals surface area contributed by atoms with Gasteiger partial charge in [0.15, 0.2) is 6.61 Å². The second kappa shape index (κ2) is 12.9. The molecule has 0 saturated carbocycles. The van der Waals surface area contributed by atoms with Crippen LogP contribution in [0.4, 0.5) is 5.69 Å². The van der Waals surface area contributed by atoms with E-state index in [0.29, 0.717) is 27.8 Å². The Morgan fingerprint density at radius 1 is 1.09 bits per heavy atom. The van der Waals surface area contributed by atoms with Crippen molar-refractivity contribution in [1.29, 1.82) is 0 Å². The number of hydrogen-bond acceptors (Lipinski definition) is 5. The highest BCUT2D eigenvalue weighted by Crippen LogP contribution is 2.29. The highest BCUT2D eigenvalue weighted by molar-refractivity contribution is 6.44. The van der Waals surface area contributed by atoms with Crippen molar-refractivity contribution in [1.82, 2.24) is 10.7 Å². The number of nitrogens with zero attached hydrogens (tertiary/aromatic N) is 1. The number of anilines is 1. The molecule has 0 aliphatic heterocycles. The number of unbranched alkanes of at least 4 members (excludes halogenated alkanes) is 1. The smallest absolute Gasteiger partial charge is 0.329 e. The fourth-order valence-corrected chi connectivity index (χ4v) is 2.88. The monoisotopic (exact) mass is 498 g/mol. The number of halogens is 3. The number of hydrogen-bond donors (Lipinski definition) is 3. The first kappa shape index (κ1) is 25.5. The van der Waals surface area contributed by atoms with Gasteiger partial charge in [0.1, 0.15) is 5.75 Å². The second-order valence-electron chi connectivity index (χ2n) is 6.43. The maximum absolute atomic E-state index is 12.2. The summed E-state index contributed by atoms with van der Waals surface area (Å²) in [6, 6.07) is 9.50. The largest absolute Gasteiger partial charge is 0.483 e. The summed E-state index contributed by atoms with van der Waals surface area (Å²) in [4.78, 5) is 35.6. The zero-order valence-corrected chi connectivity index (χ0v) is 19.4. The lowest BCUT2D eigenvalue weighted by Gasteiger charge is -2.11. The molecule has 3 N–H and O–H groups in total. The molecule has 0 saturated heterocycles. The molecule has 0 heterocycles. The van der Waals surface area contributed by atoms with E-state index in [1.54, 1.807) is 30.3 Å². The van der Waals surface area contributed by atoms with E-state index in [-0.39, 0.29) is 17.4 Å². The van der Waals surface area contributed by atoms with Crippen LogP contribution in [0.1, 0.15) is 25.3 Å². The van der Waals surface area contributed by atoms with Gasteiger partial charge in [-0.1, -0.05) is 54.2 Å². The minimum Gasteiger partial charge on any atom is -0.483 e. The van der Waals surface area contributed by atoms with Gasteiger partial charge in [0.25, 0.3) is 5.91 Å². The molecule has 0 bridgehead atoms. The number of rotatable bonds is 9. The van der Waals surface area contributed by atoms with Gasteiger partial charge >= 0.3 is 11.8 Å². The van der Waals surface area contributed by atoms with E-state index in [1.807, 2.05) is 6.92 Å². The summed E-state index contributed by atoms with van der Waals surface area (Å²) >= 11 is 18.0. The molecular formula is C21H21Cl3N4O4. The van der Waals surface area contributed by atoms with Gasteiger partial charge in [-0.25, -0.2) is 5.43 Å². The van der Waals surface area contributed by atoms with Crippen LogP contribution < -0.4 is 20.8 Å². The van der Waals surface area contributed by atoms with Crippen molar-refractivity contribution in [3.8, 4) is 5.75 Å². The SMILES string of the molecule is CCCCNC(=O)C(=O)N/N=C\c1cc(Cl)ccc1OCC(=O)Nc1cccc(Cl)c1Cl. The number of ether oxygens (including phenoxy) is 1. The van der Waals surface area contributed by atoms with E-state index < -0.39 is 17.7 Å². The fraction of sp³-hybridized carbons (Fsp3) is 0.238. The van der Waals surface area contributed by atoms with E-state index in [0.717, 1.165) is 12.8 Å². The van der Waals surface area contributed by atoms with Crippen LogP contribution in [0, 0.1) is 0 Å². The van der Waals surface area contributed by atoms with E-state index in [4.69, 9.17) is 39.5 Å². The maximum Gasteiger partial charge on any atom is 0.329 e. The van der Waals surface area contributed by atoms with E-state index in [2.05, 4.69) is 21.2 Å². The number of amides is 3. The van der Waals surface area contributed by atoms with Gasteiger partial charge in [0, 0.05) is 17.1 Å². The van der Waals surface area contributed by atoms with Crippen molar-refractivity contribution in [3.63, 3.8) is 0 Å². The Morgan fingerprint density at radius 3 is 2.62 bits per heavy atom. The predicted molar refractivity (Wildman–Crippen MR) is 126 cm³/mol. The molecule has 2 rings (SSSR count). The molecule has 170 valence electrons. The van der Waals surface area contributed by atoms with Gasteiger partial charge in [-0.15, -0.1) is 0 Å². The Morgan fingerprint density at radius 2 is 1.88 bits per heavy atom. The summed E-state index contributed by atoms with van der Waals surface area (Å²) in [5, 5.41) is 9.75. The third kappa shape index (κ3) is 8.03. The molecule has 0 aliphatic rings.